The maximum Gasteiger partial charge on any atom is 0.371 e. The second kappa shape index (κ2) is 4.82. The smallest absolute Gasteiger partial charge is 0.371 e. The molecule has 0 atom stereocenters. The summed E-state index contributed by atoms with van der Waals surface area (Å²) in [6.45, 7) is -0.0814. The van der Waals surface area contributed by atoms with Gasteiger partial charge in [-0.1, -0.05) is 0 Å². The summed E-state index contributed by atoms with van der Waals surface area (Å²) >= 11 is 0. The molecule has 9 nitrogen and oxygen atoms in total. The van der Waals surface area contributed by atoms with Gasteiger partial charge in [0.2, 0.25) is 10.9 Å². The topological polar surface area (TPSA) is 127 Å². The molecular weight excluding hydrogens is 276 g/mol. The van der Waals surface area contributed by atoms with Crippen molar-refractivity contribution in [3.8, 4) is 0 Å². The summed E-state index contributed by atoms with van der Waals surface area (Å²) in [4.78, 5) is 10.6. The zero-order valence-corrected chi connectivity index (χ0v) is 10.6. The molecule has 2 heterocycles. The predicted octanol–water partition coefficient (Wildman–Crippen LogP) is -0.415. The van der Waals surface area contributed by atoms with E-state index in [-0.39, 0.29) is 6.54 Å². The third-order valence-corrected chi connectivity index (χ3v) is 3.56. The Morgan fingerprint density at radius 2 is 2.26 bits per heavy atom. The normalized spacial score (nSPS) is 11.6. The zero-order valence-electron chi connectivity index (χ0n) is 9.77. The van der Waals surface area contributed by atoms with Crippen molar-refractivity contribution in [3.63, 3.8) is 0 Å². The first kappa shape index (κ1) is 13.2. The Kier molecular flexibility index (Phi) is 3.36. The highest BCUT2D eigenvalue weighted by molar-refractivity contribution is 7.89. The molecule has 0 aliphatic rings. The van der Waals surface area contributed by atoms with Crippen molar-refractivity contribution in [2.24, 2.45) is 7.05 Å². The van der Waals surface area contributed by atoms with Gasteiger partial charge in [-0.15, -0.1) is 10.2 Å². The maximum atomic E-state index is 11.8. The van der Waals surface area contributed by atoms with Gasteiger partial charge in [-0.2, -0.15) is 0 Å². The average molecular weight is 286 g/mol. The summed E-state index contributed by atoms with van der Waals surface area (Å²) in [5.41, 5.74) is 0. The van der Waals surface area contributed by atoms with Gasteiger partial charge in [0.25, 0.3) is 10.0 Å². The van der Waals surface area contributed by atoms with E-state index in [4.69, 9.17) is 9.52 Å². The average Bonchev–Trinajstić information content (AvgIpc) is 2.95. The van der Waals surface area contributed by atoms with Crippen LogP contribution in [0.4, 0.5) is 0 Å². The van der Waals surface area contributed by atoms with Crippen LogP contribution in [0.15, 0.2) is 28.0 Å². The highest BCUT2D eigenvalue weighted by Gasteiger charge is 2.21. The number of aromatic nitrogens is 3. The van der Waals surface area contributed by atoms with Crippen LogP contribution in [0.3, 0.4) is 0 Å². The number of carboxylic acids is 1. The standard InChI is InChI=1S/C9H10N4O5S/c1-13-5-10-12-7(13)4-11-19(16,17)8-3-2-6(18-8)9(14)15/h2-3,5,11H,4H2,1H3,(H,14,15). The molecular formula is C9H10N4O5S. The van der Waals surface area contributed by atoms with Crippen molar-refractivity contribution < 1.29 is 22.7 Å². The van der Waals surface area contributed by atoms with E-state index in [2.05, 4.69) is 14.9 Å². The fourth-order valence-corrected chi connectivity index (χ4v) is 2.19. The van der Waals surface area contributed by atoms with Gasteiger partial charge in [-0.05, 0) is 12.1 Å². The molecule has 0 saturated heterocycles. The van der Waals surface area contributed by atoms with Crippen molar-refractivity contribution in [1.82, 2.24) is 19.5 Å². The van der Waals surface area contributed by atoms with E-state index in [1.165, 1.54) is 6.33 Å². The minimum atomic E-state index is -3.93. The lowest BCUT2D eigenvalue weighted by atomic mass is 10.5. The van der Waals surface area contributed by atoms with Crippen LogP contribution in [0.1, 0.15) is 16.4 Å². The molecule has 2 aromatic heterocycles. The van der Waals surface area contributed by atoms with Crippen molar-refractivity contribution in [2.75, 3.05) is 0 Å². The number of hydrogen-bond donors (Lipinski definition) is 2. The van der Waals surface area contributed by atoms with Crippen molar-refractivity contribution in [3.05, 3.63) is 30.0 Å². The zero-order chi connectivity index (χ0) is 14.0. The van der Waals surface area contributed by atoms with E-state index in [1.807, 2.05) is 0 Å². The molecule has 2 rings (SSSR count). The SMILES string of the molecule is Cn1cnnc1CNS(=O)(=O)c1ccc(C(=O)O)o1. The Morgan fingerprint density at radius 3 is 2.79 bits per heavy atom. The Morgan fingerprint density at radius 1 is 1.53 bits per heavy atom. The maximum absolute atomic E-state index is 11.8. The number of nitrogens with one attached hydrogen (secondary N) is 1. The number of aryl methyl sites for hydroxylation is 1. The van der Waals surface area contributed by atoms with Gasteiger partial charge in [-0.3, -0.25) is 0 Å². The van der Waals surface area contributed by atoms with E-state index in [0.29, 0.717) is 5.82 Å². The van der Waals surface area contributed by atoms with Gasteiger partial charge in [-0.25, -0.2) is 17.9 Å². The first-order chi connectivity index (χ1) is 8.90. The fourth-order valence-electron chi connectivity index (χ4n) is 1.28. The predicted molar refractivity (Wildman–Crippen MR) is 60.7 cm³/mol. The number of furan rings is 1. The van der Waals surface area contributed by atoms with Crippen LogP contribution in [0.25, 0.3) is 0 Å². The van der Waals surface area contributed by atoms with Crippen LogP contribution in [-0.2, 0) is 23.6 Å². The van der Waals surface area contributed by atoms with E-state index in [1.54, 1.807) is 11.6 Å². The lowest BCUT2D eigenvalue weighted by Crippen LogP contribution is -2.24. The third-order valence-electron chi connectivity index (χ3n) is 2.28. The van der Waals surface area contributed by atoms with Crippen LogP contribution in [0.5, 0.6) is 0 Å². The van der Waals surface area contributed by atoms with Crippen LogP contribution in [-0.4, -0.2) is 34.3 Å². The first-order valence-corrected chi connectivity index (χ1v) is 6.54. The van der Waals surface area contributed by atoms with Gasteiger partial charge in [0.1, 0.15) is 12.2 Å². The molecule has 0 fully saturated rings. The van der Waals surface area contributed by atoms with E-state index < -0.39 is 26.8 Å². The second-order valence-electron chi connectivity index (χ2n) is 3.61. The molecule has 0 bridgehead atoms. The molecule has 2 N–H and O–H groups in total. The lowest BCUT2D eigenvalue weighted by molar-refractivity contribution is 0.0656. The molecule has 0 saturated carbocycles. The molecule has 2 aromatic rings. The van der Waals surface area contributed by atoms with Gasteiger partial charge < -0.3 is 14.1 Å². The highest BCUT2D eigenvalue weighted by atomic mass is 32.2. The molecule has 102 valence electrons. The van der Waals surface area contributed by atoms with E-state index in [0.717, 1.165) is 12.1 Å². The van der Waals surface area contributed by atoms with Gasteiger partial charge in [0, 0.05) is 7.05 Å². The number of aromatic carboxylic acids is 1. The van der Waals surface area contributed by atoms with Crippen LogP contribution in [0, 0.1) is 0 Å². The minimum absolute atomic E-state index is 0.0814. The fraction of sp³-hybridized carbons (Fsp3) is 0.222. The Hall–Kier alpha value is -2.20. The molecule has 19 heavy (non-hydrogen) atoms. The number of rotatable bonds is 5. The van der Waals surface area contributed by atoms with Crippen LogP contribution >= 0.6 is 0 Å². The number of nitrogens with zero attached hydrogens (tertiary/aromatic N) is 3. The molecule has 0 aromatic carbocycles. The van der Waals surface area contributed by atoms with Crippen LogP contribution in [0.2, 0.25) is 0 Å². The minimum Gasteiger partial charge on any atom is -0.475 e. The van der Waals surface area contributed by atoms with Crippen molar-refractivity contribution >= 4 is 16.0 Å². The second-order valence-corrected chi connectivity index (χ2v) is 5.30. The molecule has 0 aliphatic carbocycles. The number of carbonyl (C=O) groups is 1. The quantitative estimate of drug-likeness (QED) is 0.764. The van der Waals surface area contributed by atoms with Crippen molar-refractivity contribution in [2.45, 2.75) is 11.6 Å². The number of carboxylic acid groups (broad SMARTS) is 1. The highest BCUT2D eigenvalue weighted by Crippen LogP contribution is 2.13. The molecule has 0 unspecified atom stereocenters. The van der Waals surface area contributed by atoms with E-state index >= 15 is 0 Å². The summed E-state index contributed by atoms with van der Waals surface area (Å²) in [7, 11) is -2.26. The van der Waals surface area contributed by atoms with Gasteiger partial charge in [0.15, 0.2) is 0 Å². The molecule has 10 heteroatoms. The summed E-state index contributed by atoms with van der Waals surface area (Å²) in [5.74, 6) is -1.37. The molecule has 0 amide bonds. The van der Waals surface area contributed by atoms with Gasteiger partial charge >= 0.3 is 5.97 Å². The molecule has 0 aliphatic heterocycles. The first-order valence-electron chi connectivity index (χ1n) is 5.06. The Balaban J connectivity index is 2.14. The Labute approximate surface area is 107 Å². The van der Waals surface area contributed by atoms with Crippen LogP contribution < -0.4 is 4.72 Å². The summed E-state index contributed by atoms with van der Waals surface area (Å²) < 4.78 is 32.1. The van der Waals surface area contributed by atoms with E-state index in [9.17, 15) is 13.2 Å². The number of sulfonamides is 1. The lowest BCUT2D eigenvalue weighted by Gasteiger charge is -2.03. The monoisotopic (exact) mass is 286 g/mol. The number of hydrogen-bond acceptors (Lipinski definition) is 6. The summed E-state index contributed by atoms with van der Waals surface area (Å²) in [6.07, 6.45) is 1.43. The summed E-state index contributed by atoms with van der Waals surface area (Å²) in [5, 5.41) is 15.5. The van der Waals surface area contributed by atoms with Gasteiger partial charge in [0.05, 0.1) is 6.54 Å². The largest absolute Gasteiger partial charge is 0.475 e. The molecule has 0 radical (unpaired) electrons. The summed E-state index contributed by atoms with van der Waals surface area (Å²) in [6, 6.07) is 2.14. The van der Waals surface area contributed by atoms with Crippen molar-refractivity contribution in [1.29, 1.82) is 0 Å². The molecule has 0 spiro atoms. The Bertz CT molecular complexity index is 702. The third kappa shape index (κ3) is 2.80.